The van der Waals surface area contributed by atoms with Crippen LogP contribution in [-0.4, -0.2) is 86.8 Å². The van der Waals surface area contributed by atoms with Crippen LogP contribution in [-0.2, 0) is 13.6 Å². The monoisotopic (exact) mass is 565 g/mol. The Morgan fingerprint density at radius 1 is 0.952 bits per heavy atom. The van der Waals surface area contributed by atoms with Crippen LogP contribution in [0.2, 0.25) is 0 Å². The van der Waals surface area contributed by atoms with E-state index in [4.69, 9.17) is 4.98 Å². The molecule has 0 bridgehead atoms. The molecular formula is C32H39N9O. The van der Waals surface area contributed by atoms with Crippen LogP contribution in [0, 0.1) is 5.41 Å². The molecule has 10 heteroatoms. The van der Waals surface area contributed by atoms with Gasteiger partial charge >= 0.3 is 0 Å². The maximum atomic E-state index is 13.2. The third-order valence-corrected chi connectivity index (χ3v) is 9.43. The van der Waals surface area contributed by atoms with Gasteiger partial charge in [0.1, 0.15) is 5.82 Å². The normalized spacial score (nSPS) is 19.2. The molecule has 3 fully saturated rings. The second kappa shape index (κ2) is 11.1. The lowest BCUT2D eigenvalue weighted by atomic mass is 9.72. The highest BCUT2D eigenvalue weighted by atomic mass is 16.1. The second-order valence-corrected chi connectivity index (χ2v) is 12.4. The van der Waals surface area contributed by atoms with Crippen molar-refractivity contribution >= 4 is 28.6 Å². The van der Waals surface area contributed by atoms with Gasteiger partial charge in [-0.1, -0.05) is 18.6 Å². The minimum Gasteiger partial charge on any atom is -0.355 e. The summed E-state index contributed by atoms with van der Waals surface area (Å²) in [6.07, 6.45) is 11.7. The number of aryl methyl sites for hydroxylation is 1. The largest absolute Gasteiger partial charge is 0.355 e. The van der Waals surface area contributed by atoms with Crippen molar-refractivity contribution in [1.82, 2.24) is 34.5 Å². The molecule has 7 rings (SSSR count). The van der Waals surface area contributed by atoms with Gasteiger partial charge in [-0.2, -0.15) is 5.10 Å². The van der Waals surface area contributed by atoms with Gasteiger partial charge in [0.2, 0.25) is 5.95 Å². The molecule has 42 heavy (non-hydrogen) atoms. The number of carbonyl (C=O) groups excluding carboxylic acids is 1. The summed E-state index contributed by atoms with van der Waals surface area (Å²) in [7, 11) is 4.21. The third-order valence-electron chi connectivity index (χ3n) is 9.43. The van der Waals surface area contributed by atoms with Gasteiger partial charge in [0.15, 0.2) is 0 Å². The number of amides is 1. The molecule has 3 aliphatic rings. The molecule has 3 saturated heterocycles. The van der Waals surface area contributed by atoms with E-state index in [0.29, 0.717) is 11.0 Å². The van der Waals surface area contributed by atoms with E-state index in [-0.39, 0.29) is 11.9 Å². The Balaban J connectivity index is 1.06. The van der Waals surface area contributed by atoms with E-state index in [1.807, 2.05) is 30.1 Å². The topological polar surface area (TPSA) is 95.3 Å². The van der Waals surface area contributed by atoms with E-state index in [9.17, 15) is 4.79 Å². The number of likely N-dealkylation sites (tertiary alicyclic amines) is 2. The van der Waals surface area contributed by atoms with Crippen LogP contribution in [0.5, 0.6) is 0 Å². The van der Waals surface area contributed by atoms with E-state index in [2.05, 4.69) is 54.3 Å². The summed E-state index contributed by atoms with van der Waals surface area (Å²) in [6.45, 7) is 7.47. The van der Waals surface area contributed by atoms with Gasteiger partial charge in [-0.3, -0.25) is 19.7 Å². The molecule has 0 aliphatic carbocycles. The SMILES string of the molecule is CN1CCC2(CC1)CN(c1cc(C(=O)Nc3ncc4ccc(-c5cnn(C)c5CN5CCCCC5)cc4n3)ccn1)C2. The molecule has 1 amide bonds. The van der Waals surface area contributed by atoms with Crippen molar-refractivity contribution in [3.8, 4) is 11.1 Å². The Labute approximate surface area is 246 Å². The number of hydrogen-bond donors (Lipinski definition) is 1. The summed E-state index contributed by atoms with van der Waals surface area (Å²) in [5.41, 5.74) is 5.12. The number of fused-ring (bicyclic) bond motifs is 1. The molecular weight excluding hydrogens is 526 g/mol. The fourth-order valence-electron chi connectivity index (χ4n) is 6.71. The molecule has 1 aromatic carbocycles. The predicted octanol–water partition coefficient (Wildman–Crippen LogP) is 4.20. The fraction of sp³-hybridized carbons (Fsp3) is 0.469. The van der Waals surface area contributed by atoms with Gasteiger partial charge in [0, 0.05) is 61.0 Å². The van der Waals surface area contributed by atoms with E-state index >= 15 is 0 Å². The van der Waals surface area contributed by atoms with Crippen LogP contribution in [0.25, 0.3) is 22.0 Å². The fourth-order valence-corrected chi connectivity index (χ4v) is 6.71. The Morgan fingerprint density at radius 2 is 1.76 bits per heavy atom. The highest BCUT2D eigenvalue weighted by Gasteiger charge is 2.44. The van der Waals surface area contributed by atoms with E-state index in [1.54, 1.807) is 18.5 Å². The standard InChI is InChI=1S/C32H39N9O/c1-38-14-9-32(10-15-38)21-41(22-32)29-17-24(8-11-33-29)30(42)37-31-34-18-25-7-6-23(16-27(25)36-31)26-19-35-39(2)28(26)20-40-12-4-3-5-13-40/h6-8,11,16-19H,3-5,9-10,12-15,20-22H2,1-2H3,(H,34,36,37,42). The molecule has 0 unspecified atom stereocenters. The molecule has 218 valence electrons. The molecule has 0 saturated carbocycles. The van der Waals surface area contributed by atoms with Crippen molar-refractivity contribution in [1.29, 1.82) is 0 Å². The van der Waals surface area contributed by atoms with Crippen molar-refractivity contribution in [3.63, 3.8) is 0 Å². The second-order valence-electron chi connectivity index (χ2n) is 12.4. The third kappa shape index (κ3) is 5.36. The number of benzene rings is 1. The quantitative estimate of drug-likeness (QED) is 0.372. The number of carbonyl (C=O) groups is 1. The van der Waals surface area contributed by atoms with Crippen molar-refractivity contribution in [3.05, 3.63) is 60.2 Å². The first kappa shape index (κ1) is 27.0. The minimum absolute atomic E-state index is 0.236. The Kier molecular flexibility index (Phi) is 7.11. The number of rotatable bonds is 6. The van der Waals surface area contributed by atoms with E-state index in [1.165, 1.54) is 37.8 Å². The van der Waals surface area contributed by atoms with Crippen molar-refractivity contribution in [2.45, 2.75) is 38.6 Å². The highest BCUT2D eigenvalue weighted by molar-refractivity contribution is 6.04. The molecule has 1 spiro atoms. The van der Waals surface area contributed by atoms with Gasteiger partial charge in [-0.05, 0) is 82.7 Å². The summed E-state index contributed by atoms with van der Waals surface area (Å²) in [5, 5.41) is 8.40. The molecule has 3 aliphatic heterocycles. The number of nitrogens with zero attached hydrogens (tertiary/aromatic N) is 8. The maximum absolute atomic E-state index is 13.2. The summed E-state index contributed by atoms with van der Waals surface area (Å²) in [5.74, 6) is 0.907. The lowest BCUT2D eigenvalue weighted by molar-refractivity contribution is 0.0900. The van der Waals surface area contributed by atoms with Crippen LogP contribution in [0.1, 0.15) is 48.2 Å². The predicted molar refractivity (Wildman–Crippen MR) is 164 cm³/mol. The summed E-state index contributed by atoms with van der Waals surface area (Å²) >= 11 is 0. The number of anilines is 2. The smallest absolute Gasteiger partial charge is 0.258 e. The molecule has 0 radical (unpaired) electrons. The maximum Gasteiger partial charge on any atom is 0.258 e. The van der Waals surface area contributed by atoms with E-state index < -0.39 is 0 Å². The average Bonchev–Trinajstić information content (AvgIpc) is 3.36. The average molecular weight is 566 g/mol. The van der Waals surface area contributed by atoms with E-state index in [0.717, 1.165) is 73.7 Å². The molecule has 0 atom stereocenters. The van der Waals surface area contributed by atoms with Gasteiger partial charge in [-0.15, -0.1) is 0 Å². The summed E-state index contributed by atoms with van der Waals surface area (Å²) < 4.78 is 1.98. The van der Waals surface area contributed by atoms with Gasteiger partial charge < -0.3 is 9.80 Å². The Morgan fingerprint density at radius 3 is 2.57 bits per heavy atom. The van der Waals surface area contributed by atoms with Crippen LogP contribution < -0.4 is 10.2 Å². The van der Waals surface area contributed by atoms with Crippen molar-refractivity contribution in [2.75, 3.05) is 56.5 Å². The lowest BCUT2D eigenvalue weighted by Gasteiger charge is -2.54. The van der Waals surface area contributed by atoms with Crippen LogP contribution in [0.4, 0.5) is 11.8 Å². The summed E-state index contributed by atoms with van der Waals surface area (Å²) in [4.78, 5) is 34.1. The zero-order chi connectivity index (χ0) is 28.7. The van der Waals surface area contributed by atoms with Crippen molar-refractivity contribution < 1.29 is 4.79 Å². The summed E-state index contributed by atoms with van der Waals surface area (Å²) in [6, 6.07) is 9.83. The first-order valence-corrected chi connectivity index (χ1v) is 15.2. The van der Waals surface area contributed by atoms with Crippen LogP contribution in [0.15, 0.2) is 48.9 Å². The van der Waals surface area contributed by atoms with Crippen molar-refractivity contribution in [2.24, 2.45) is 12.5 Å². The Hall–Kier alpha value is -3.89. The number of nitrogens with one attached hydrogen (secondary N) is 1. The van der Waals surface area contributed by atoms with Crippen LogP contribution in [0.3, 0.4) is 0 Å². The zero-order valence-electron chi connectivity index (χ0n) is 24.6. The first-order chi connectivity index (χ1) is 20.4. The molecule has 10 nitrogen and oxygen atoms in total. The van der Waals surface area contributed by atoms with Gasteiger partial charge in [-0.25, -0.2) is 15.0 Å². The number of pyridine rings is 1. The molecule has 6 heterocycles. The van der Waals surface area contributed by atoms with Gasteiger partial charge in [0.25, 0.3) is 5.91 Å². The minimum atomic E-state index is -0.236. The molecule has 1 N–H and O–H groups in total. The zero-order valence-corrected chi connectivity index (χ0v) is 24.6. The molecule has 3 aromatic heterocycles. The number of piperidine rings is 2. The number of aromatic nitrogens is 5. The van der Waals surface area contributed by atoms with Gasteiger partial charge in [0.05, 0.1) is 17.4 Å². The number of hydrogen-bond acceptors (Lipinski definition) is 8. The molecule has 4 aromatic rings. The lowest BCUT2D eigenvalue weighted by Crippen LogP contribution is -2.60. The first-order valence-electron chi connectivity index (χ1n) is 15.2. The van der Waals surface area contributed by atoms with Crippen LogP contribution >= 0.6 is 0 Å². The Bertz CT molecular complexity index is 1590. The highest BCUT2D eigenvalue weighted by Crippen LogP contribution is 2.42.